The minimum absolute atomic E-state index is 0.155. The smallest absolute Gasteiger partial charge is 0.307 e. The lowest BCUT2D eigenvalue weighted by Crippen LogP contribution is -2.39. The topological polar surface area (TPSA) is 79.3 Å². The van der Waals surface area contributed by atoms with E-state index >= 15 is 0 Å². The SMILES string of the molecule is O=C(O)[C@H]1CCCC[C@H]1C(=O)NCc1nccs1. The average molecular weight is 268 g/mol. The van der Waals surface area contributed by atoms with Crippen molar-refractivity contribution in [2.75, 3.05) is 0 Å². The van der Waals surface area contributed by atoms with E-state index in [2.05, 4.69) is 10.3 Å². The highest BCUT2D eigenvalue weighted by Crippen LogP contribution is 2.30. The zero-order valence-electron chi connectivity index (χ0n) is 9.96. The first-order valence-electron chi connectivity index (χ1n) is 6.07. The number of carbonyl (C=O) groups is 2. The standard InChI is InChI=1S/C12H16N2O3S/c15-11(14-7-10-13-5-6-18-10)8-3-1-2-4-9(8)12(16)17/h5-6,8-9H,1-4,7H2,(H,14,15)(H,16,17)/t8-,9+/m1/s1. The number of nitrogens with one attached hydrogen (secondary N) is 1. The van der Waals surface area contributed by atoms with Crippen molar-refractivity contribution < 1.29 is 14.7 Å². The largest absolute Gasteiger partial charge is 0.481 e. The molecule has 1 amide bonds. The molecule has 1 aliphatic rings. The highest BCUT2D eigenvalue weighted by Gasteiger charge is 2.35. The van der Waals surface area contributed by atoms with Gasteiger partial charge in [-0.15, -0.1) is 11.3 Å². The van der Waals surface area contributed by atoms with Gasteiger partial charge >= 0.3 is 5.97 Å². The number of nitrogens with zero attached hydrogens (tertiary/aromatic N) is 1. The molecule has 1 fully saturated rings. The van der Waals surface area contributed by atoms with Gasteiger partial charge in [-0.05, 0) is 12.8 Å². The molecule has 0 spiro atoms. The van der Waals surface area contributed by atoms with E-state index in [1.54, 1.807) is 6.20 Å². The zero-order chi connectivity index (χ0) is 13.0. The third-order valence-corrected chi connectivity index (χ3v) is 4.10. The van der Waals surface area contributed by atoms with Crippen LogP contribution in [0.4, 0.5) is 0 Å². The lowest BCUT2D eigenvalue weighted by molar-refractivity contribution is -0.148. The van der Waals surface area contributed by atoms with Crippen LogP contribution in [0.3, 0.4) is 0 Å². The van der Waals surface area contributed by atoms with Crippen LogP contribution in [0, 0.1) is 11.8 Å². The number of aliphatic carboxylic acids is 1. The minimum atomic E-state index is -0.857. The molecule has 0 unspecified atom stereocenters. The number of thiazole rings is 1. The van der Waals surface area contributed by atoms with Crippen LogP contribution < -0.4 is 5.32 Å². The fraction of sp³-hybridized carbons (Fsp3) is 0.583. The molecule has 0 bridgehead atoms. The Balaban J connectivity index is 1.92. The van der Waals surface area contributed by atoms with E-state index in [-0.39, 0.29) is 5.91 Å². The molecule has 1 aliphatic carbocycles. The van der Waals surface area contributed by atoms with Crippen molar-refractivity contribution in [3.8, 4) is 0 Å². The first kappa shape index (κ1) is 13.0. The number of hydrogen-bond donors (Lipinski definition) is 2. The second-order valence-electron chi connectivity index (χ2n) is 4.48. The van der Waals surface area contributed by atoms with E-state index in [4.69, 9.17) is 5.11 Å². The Morgan fingerprint density at radius 2 is 2.11 bits per heavy atom. The predicted molar refractivity (Wildman–Crippen MR) is 67.0 cm³/mol. The van der Waals surface area contributed by atoms with Crippen molar-refractivity contribution in [2.24, 2.45) is 11.8 Å². The van der Waals surface area contributed by atoms with Gasteiger partial charge in [0.1, 0.15) is 5.01 Å². The Morgan fingerprint density at radius 1 is 1.39 bits per heavy atom. The zero-order valence-corrected chi connectivity index (χ0v) is 10.8. The Labute approximate surface area is 109 Å². The maximum absolute atomic E-state index is 12.0. The van der Waals surface area contributed by atoms with Gasteiger partial charge in [-0.2, -0.15) is 0 Å². The Morgan fingerprint density at radius 3 is 2.72 bits per heavy atom. The van der Waals surface area contributed by atoms with Gasteiger partial charge < -0.3 is 10.4 Å². The molecule has 2 N–H and O–H groups in total. The third kappa shape index (κ3) is 3.07. The highest BCUT2D eigenvalue weighted by atomic mass is 32.1. The fourth-order valence-corrected chi connectivity index (χ4v) is 2.93. The van der Waals surface area contributed by atoms with Gasteiger partial charge in [0.15, 0.2) is 0 Å². The van der Waals surface area contributed by atoms with Gasteiger partial charge in [-0.3, -0.25) is 9.59 Å². The van der Waals surface area contributed by atoms with Crippen LogP contribution >= 0.6 is 11.3 Å². The summed E-state index contributed by atoms with van der Waals surface area (Å²) in [5, 5.41) is 14.6. The van der Waals surface area contributed by atoms with Crippen molar-refractivity contribution in [1.82, 2.24) is 10.3 Å². The summed E-state index contributed by atoms with van der Waals surface area (Å²) in [7, 11) is 0. The number of hydrogen-bond acceptors (Lipinski definition) is 4. The molecule has 0 aliphatic heterocycles. The summed E-state index contributed by atoms with van der Waals surface area (Å²) in [5.74, 6) is -1.94. The Bertz CT molecular complexity index is 419. The maximum Gasteiger partial charge on any atom is 0.307 e. The lowest BCUT2D eigenvalue weighted by Gasteiger charge is -2.27. The van der Waals surface area contributed by atoms with Crippen LogP contribution in [0.1, 0.15) is 30.7 Å². The summed E-state index contributed by atoms with van der Waals surface area (Å²) < 4.78 is 0. The van der Waals surface area contributed by atoms with Gasteiger partial charge in [0, 0.05) is 11.6 Å². The summed E-state index contributed by atoms with van der Waals surface area (Å²) in [6.45, 7) is 0.388. The van der Waals surface area contributed by atoms with E-state index in [0.29, 0.717) is 19.4 Å². The lowest BCUT2D eigenvalue weighted by atomic mass is 9.79. The molecule has 18 heavy (non-hydrogen) atoms. The summed E-state index contributed by atoms with van der Waals surface area (Å²) >= 11 is 1.48. The summed E-state index contributed by atoms with van der Waals surface area (Å²) in [6.07, 6.45) is 4.78. The molecule has 0 saturated heterocycles. The van der Waals surface area contributed by atoms with Crippen LogP contribution in [0.5, 0.6) is 0 Å². The number of carbonyl (C=O) groups excluding carboxylic acids is 1. The molecule has 1 aromatic rings. The normalized spacial score (nSPS) is 23.6. The average Bonchev–Trinajstić information content (AvgIpc) is 2.89. The monoisotopic (exact) mass is 268 g/mol. The minimum Gasteiger partial charge on any atom is -0.481 e. The van der Waals surface area contributed by atoms with Gasteiger partial charge in [0.2, 0.25) is 5.91 Å². The second kappa shape index (κ2) is 5.95. The highest BCUT2D eigenvalue weighted by molar-refractivity contribution is 7.09. The molecule has 98 valence electrons. The van der Waals surface area contributed by atoms with Gasteiger partial charge in [-0.1, -0.05) is 12.8 Å². The van der Waals surface area contributed by atoms with Crippen molar-refractivity contribution >= 4 is 23.2 Å². The van der Waals surface area contributed by atoms with Gasteiger partial charge in [0.05, 0.1) is 18.4 Å². The molecule has 2 rings (SSSR count). The molecule has 6 heteroatoms. The molecule has 5 nitrogen and oxygen atoms in total. The van der Waals surface area contributed by atoms with Gasteiger partial charge in [0.25, 0.3) is 0 Å². The number of amides is 1. The number of rotatable bonds is 4. The molecular weight excluding hydrogens is 252 g/mol. The number of carboxylic acids is 1. The van der Waals surface area contributed by atoms with Crippen LogP contribution in [0.15, 0.2) is 11.6 Å². The van der Waals surface area contributed by atoms with E-state index in [1.165, 1.54) is 11.3 Å². The quantitative estimate of drug-likeness (QED) is 0.870. The van der Waals surface area contributed by atoms with E-state index in [0.717, 1.165) is 17.8 Å². The first-order chi connectivity index (χ1) is 8.68. The van der Waals surface area contributed by atoms with Crippen molar-refractivity contribution in [2.45, 2.75) is 32.2 Å². The summed E-state index contributed by atoms with van der Waals surface area (Å²) in [6, 6.07) is 0. The fourth-order valence-electron chi connectivity index (χ4n) is 2.37. The van der Waals surface area contributed by atoms with E-state index < -0.39 is 17.8 Å². The van der Waals surface area contributed by atoms with Crippen LogP contribution in [-0.4, -0.2) is 22.0 Å². The molecule has 0 radical (unpaired) electrons. The molecule has 0 aromatic carbocycles. The van der Waals surface area contributed by atoms with E-state index in [9.17, 15) is 9.59 Å². The number of aromatic nitrogens is 1. The Kier molecular flexibility index (Phi) is 4.30. The summed E-state index contributed by atoms with van der Waals surface area (Å²) in [5.41, 5.74) is 0. The van der Waals surface area contributed by atoms with E-state index in [1.807, 2.05) is 5.38 Å². The van der Waals surface area contributed by atoms with Crippen molar-refractivity contribution in [3.05, 3.63) is 16.6 Å². The number of carboxylic acid groups (broad SMARTS) is 1. The van der Waals surface area contributed by atoms with Crippen molar-refractivity contribution in [3.63, 3.8) is 0 Å². The summed E-state index contributed by atoms with van der Waals surface area (Å²) in [4.78, 5) is 27.2. The second-order valence-corrected chi connectivity index (χ2v) is 5.46. The Hall–Kier alpha value is -1.43. The molecule has 1 saturated carbocycles. The molecule has 1 heterocycles. The van der Waals surface area contributed by atoms with Gasteiger partial charge in [-0.25, -0.2) is 4.98 Å². The molecule has 2 atom stereocenters. The maximum atomic E-state index is 12.0. The molecular formula is C12H16N2O3S. The van der Waals surface area contributed by atoms with Crippen LogP contribution in [-0.2, 0) is 16.1 Å². The van der Waals surface area contributed by atoms with Crippen LogP contribution in [0.2, 0.25) is 0 Å². The first-order valence-corrected chi connectivity index (χ1v) is 6.95. The van der Waals surface area contributed by atoms with Crippen molar-refractivity contribution in [1.29, 1.82) is 0 Å². The molecule has 1 aromatic heterocycles. The third-order valence-electron chi connectivity index (χ3n) is 3.32. The van der Waals surface area contributed by atoms with Crippen LogP contribution in [0.25, 0.3) is 0 Å². The predicted octanol–water partition coefficient (Wildman–Crippen LogP) is 1.65.